The van der Waals surface area contributed by atoms with Crippen LogP contribution in [0.25, 0.3) is 0 Å². The molecule has 2 rings (SSSR count). The summed E-state index contributed by atoms with van der Waals surface area (Å²) in [6.45, 7) is 0. The Bertz CT molecular complexity index is 378. The summed E-state index contributed by atoms with van der Waals surface area (Å²) in [5.41, 5.74) is 1.07. The third-order valence-corrected chi connectivity index (χ3v) is 3.94. The van der Waals surface area contributed by atoms with E-state index in [1.165, 1.54) is 0 Å². The van der Waals surface area contributed by atoms with Crippen LogP contribution in [-0.4, -0.2) is 18.2 Å². The molecule has 0 bridgehead atoms. The number of carbonyl (C=O) groups is 1. The lowest BCUT2D eigenvalue weighted by atomic mass is 10.1. The molecule has 0 fully saturated rings. The van der Waals surface area contributed by atoms with Gasteiger partial charge in [0.05, 0.1) is 12.1 Å². The van der Waals surface area contributed by atoms with E-state index >= 15 is 0 Å². The normalized spacial score (nSPS) is 24.4. The Morgan fingerprint density at radius 2 is 2.38 bits per heavy atom. The maximum Gasteiger partial charge on any atom is 0.315 e. The zero-order valence-corrected chi connectivity index (χ0v) is 10.0. The summed E-state index contributed by atoms with van der Waals surface area (Å²) in [6.07, 6.45) is 2.22. The highest BCUT2D eigenvalue weighted by Gasteiger charge is 2.25. The Labute approximate surface area is 98.7 Å². The van der Waals surface area contributed by atoms with Gasteiger partial charge in [-0.1, -0.05) is 0 Å². The van der Waals surface area contributed by atoms with Crippen molar-refractivity contribution in [1.82, 2.24) is 10.6 Å². The number of thiophene rings is 1. The van der Waals surface area contributed by atoms with Gasteiger partial charge in [-0.25, -0.2) is 4.79 Å². The minimum atomic E-state index is -0.369. The predicted molar refractivity (Wildman–Crippen MR) is 63.5 cm³/mol. The second kappa shape index (κ2) is 4.84. The topological polar surface area (TPSA) is 61.4 Å². The van der Waals surface area contributed by atoms with Crippen molar-refractivity contribution in [3.63, 3.8) is 0 Å². The number of aliphatic hydroxyl groups is 1. The first-order valence-electron chi connectivity index (χ1n) is 5.46. The fraction of sp³-hybridized carbons (Fsp3) is 0.545. The largest absolute Gasteiger partial charge is 0.388 e. The van der Waals surface area contributed by atoms with Crippen LogP contribution in [0.2, 0.25) is 0 Å². The number of hydrogen-bond acceptors (Lipinski definition) is 3. The molecule has 0 aromatic carbocycles. The fourth-order valence-corrected chi connectivity index (χ4v) is 3.05. The Morgan fingerprint density at radius 1 is 1.56 bits per heavy atom. The van der Waals surface area contributed by atoms with E-state index < -0.39 is 0 Å². The second-order valence-corrected chi connectivity index (χ2v) is 4.91. The van der Waals surface area contributed by atoms with Gasteiger partial charge in [-0.05, 0) is 36.3 Å². The average Bonchev–Trinajstić information content (AvgIpc) is 2.71. The number of fused-ring (bicyclic) bond motifs is 1. The number of nitrogens with one attached hydrogen (secondary N) is 2. The standard InChI is InChI=1S/C11H16N2O2S/c1-12-11(15)13-8-3-2-4-9(14)10-7(8)5-6-16-10/h5-6,8-9,14H,2-4H2,1H3,(H2,12,13,15). The Kier molecular flexibility index (Phi) is 3.46. The van der Waals surface area contributed by atoms with Crippen molar-refractivity contribution in [3.05, 3.63) is 21.9 Å². The van der Waals surface area contributed by atoms with E-state index in [4.69, 9.17) is 0 Å². The number of amides is 2. The molecular weight excluding hydrogens is 224 g/mol. The highest BCUT2D eigenvalue weighted by atomic mass is 32.1. The van der Waals surface area contributed by atoms with E-state index in [9.17, 15) is 9.90 Å². The number of rotatable bonds is 1. The molecule has 2 amide bonds. The molecule has 0 aliphatic heterocycles. The quantitative estimate of drug-likeness (QED) is 0.657. The van der Waals surface area contributed by atoms with Crippen molar-refractivity contribution in [2.45, 2.75) is 31.4 Å². The van der Waals surface area contributed by atoms with Gasteiger partial charge in [-0.3, -0.25) is 0 Å². The molecule has 0 spiro atoms. The molecule has 4 nitrogen and oxygen atoms in total. The van der Waals surface area contributed by atoms with Crippen molar-refractivity contribution < 1.29 is 9.90 Å². The molecule has 0 saturated heterocycles. The zero-order valence-electron chi connectivity index (χ0n) is 9.19. The van der Waals surface area contributed by atoms with Gasteiger partial charge in [-0.15, -0.1) is 11.3 Å². The van der Waals surface area contributed by atoms with E-state index in [0.717, 1.165) is 29.7 Å². The van der Waals surface area contributed by atoms with Gasteiger partial charge >= 0.3 is 6.03 Å². The molecule has 1 heterocycles. The van der Waals surface area contributed by atoms with Gasteiger partial charge in [-0.2, -0.15) is 0 Å². The molecule has 3 N–H and O–H groups in total. The van der Waals surface area contributed by atoms with E-state index in [1.807, 2.05) is 11.4 Å². The zero-order chi connectivity index (χ0) is 11.5. The molecule has 0 saturated carbocycles. The highest BCUT2D eigenvalue weighted by molar-refractivity contribution is 7.10. The van der Waals surface area contributed by atoms with Crippen molar-refractivity contribution in [3.8, 4) is 0 Å². The third kappa shape index (κ3) is 2.20. The van der Waals surface area contributed by atoms with Gasteiger partial charge in [0.2, 0.25) is 0 Å². The van der Waals surface area contributed by atoms with Crippen molar-refractivity contribution in [2.24, 2.45) is 0 Å². The number of hydrogen-bond donors (Lipinski definition) is 3. The molecule has 5 heteroatoms. The molecule has 2 unspecified atom stereocenters. The number of aliphatic hydroxyl groups excluding tert-OH is 1. The van der Waals surface area contributed by atoms with Crippen molar-refractivity contribution in [2.75, 3.05) is 7.05 Å². The first-order valence-corrected chi connectivity index (χ1v) is 6.34. The summed E-state index contributed by atoms with van der Waals surface area (Å²) < 4.78 is 0. The predicted octanol–water partition coefficient (Wildman–Crippen LogP) is 1.94. The number of urea groups is 1. The maximum atomic E-state index is 11.3. The second-order valence-electron chi connectivity index (χ2n) is 3.96. The van der Waals surface area contributed by atoms with Crippen LogP contribution in [0.15, 0.2) is 11.4 Å². The van der Waals surface area contributed by atoms with Crippen LogP contribution < -0.4 is 10.6 Å². The first-order chi connectivity index (χ1) is 7.72. The Hall–Kier alpha value is -1.07. The van der Waals surface area contributed by atoms with Crippen LogP contribution in [0.4, 0.5) is 4.79 Å². The van der Waals surface area contributed by atoms with Crippen LogP contribution in [0, 0.1) is 0 Å². The third-order valence-electron chi connectivity index (χ3n) is 2.91. The minimum absolute atomic E-state index is 0.0262. The van der Waals surface area contributed by atoms with Crippen LogP contribution in [0.1, 0.15) is 41.8 Å². The van der Waals surface area contributed by atoms with Crippen LogP contribution in [0.5, 0.6) is 0 Å². The van der Waals surface area contributed by atoms with E-state index in [2.05, 4.69) is 10.6 Å². The van der Waals surface area contributed by atoms with Gasteiger partial charge in [0.15, 0.2) is 0 Å². The van der Waals surface area contributed by atoms with Gasteiger partial charge in [0.1, 0.15) is 0 Å². The van der Waals surface area contributed by atoms with Crippen molar-refractivity contribution >= 4 is 17.4 Å². The van der Waals surface area contributed by atoms with Crippen LogP contribution >= 0.6 is 11.3 Å². The molecule has 1 aliphatic carbocycles. The van der Waals surface area contributed by atoms with E-state index in [-0.39, 0.29) is 18.2 Å². The van der Waals surface area contributed by atoms with E-state index in [1.54, 1.807) is 18.4 Å². The maximum absolute atomic E-state index is 11.3. The lowest BCUT2D eigenvalue weighted by molar-refractivity contribution is 0.170. The number of carbonyl (C=O) groups excluding carboxylic acids is 1. The highest BCUT2D eigenvalue weighted by Crippen LogP contribution is 2.37. The van der Waals surface area contributed by atoms with Crippen LogP contribution in [-0.2, 0) is 0 Å². The summed E-state index contributed by atoms with van der Waals surface area (Å²) in [5, 5.41) is 17.4. The van der Waals surface area contributed by atoms with E-state index in [0.29, 0.717) is 0 Å². The van der Waals surface area contributed by atoms with Crippen LogP contribution in [0.3, 0.4) is 0 Å². The van der Waals surface area contributed by atoms with Gasteiger partial charge in [0.25, 0.3) is 0 Å². The lowest BCUT2D eigenvalue weighted by Gasteiger charge is -2.16. The summed E-state index contributed by atoms with van der Waals surface area (Å²) in [5.74, 6) is 0. The molecule has 1 aromatic heterocycles. The van der Waals surface area contributed by atoms with Gasteiger partial charge in [0, 0.05) is 11.9 Å². The summed E-state index contributed by atoms with van der Waals surface area (Å²) in [7, 11) is 1.61. The monoisotopic (exact) mass is 240 g/mol. The average molecular weight is 240 g/mol. The summed E-state index contributed by atoms with van der Waals surface area (Å²) in [6, 6.07) is 1.85. The first kappa shape index (κ1) is 11.4. The molecule has 0 radical (unpaired) electrons. The molecular formula is C11H16N2O2S. The molecule has 16 heavy (non-hydrogen) atoms. The summed E-state index contributed by atoms with van der Waals surface area (Å²) in [4.78, 5) is 12.3. The summed E-state index contributed by atoms with van der Waals surface area (Å²) >= 11 is 1.56. The molecule has 88 valence electrons. The molecule has 1 aliphatic rings. The van der Waals surface area contributed by atoms with Crippen molar-refractivity contribution in [1.29, 1.82) is 0 Å². The van der Waals surface area contributed by atoms with Gasteiger partial charge < -0.3 is 15.7 Å². The lowest BCUT2D eigenvalue weighted by Crippen LogP contribution is -2.35. The SMILES string of the molecule is CNC(=O)NC1CCCC(O)c2sccc21. The minimum Gasteiger partial charge on any atom is -0.388 e. The Morgan fingerprint density at radius 3 is 3.12 bits per heavy atom. The smallest absolute Gasteiger partial charge is 0.315 e. The molecule has 2 atom stereocenters. The molecule has 1 aromatic rings. The Balaban J connectivity index is 2.21. The fourth-order valence-electron chi connectivity index (χ4n) is 2.07.